The van der Waals surface area contributed by atoms with E-state index >= 15 is 0 Å². The Labute approximate surface area is 162 Å². The zero-order valence-corrected chi connectivity index (χ0v) is 16.3. The summed E-state index contributed by atoms with van der Waals surface area (Å²) in [5, 5.41) is 0.284. The SMILES string of the molecule is COc1ccc(/C=C2\SC(=O)N(Cc3cccc(Cl)c3)C2=O)cc1Br. The van der Waals surface area contributed by atoms with Gasteiger partial charge in [0.25, 0.3) is 11.1 Å². The number of thioether (sulfide) groups is 1. The molecule has 2 aromatic rings. The van der Waals surface area contributed by atoms with Gasteiger partial charge >= 0.3 is 0 Å². The lowest BCUT2D eigenvalue weighted by atomic mass is 10.2. The van der Waals surface area contributed by atoms with Crippen LogP contribution in [0.1, 0.15) is 11.1 Å². The number of hydrogen-bond donors (Lipinski definition) is 0. The number of halogens is 2. The summed E-state index contributed by atoms with van der Waals surface area (Å²) in [4.78, 5) is 26.4. The average molecular weight is 439 g/mol. The fraction of sp³-hybridized carbons (Fsp3) is 0.111. The first-order chi connectivity index (χ1) is 12.0. The van der Waals surface area contributed by atoms with Gasteiger partial charge in [-0.25, -0.2) is 0 Å². The van der Waals surface area contributed by atoms with Crippen LogP contribution in [0.5, 0.6) is 5.75 Å². The van der Waals surface area contributed by atoms with Crippen molar-refractivity contribution in [2.45, 2.75) is 6.54 Å². The summed E-state index contributed by atoms with van der Waals surface area (Å²) in [6.07, 6.45) is 1.70. The molecule has 0 atom stereocenters. The summed E-state index contributed by atoms with van der Waals surface area (Å²) in [6, 6.07) is 12.6. The van der Waals surface area contributed by atoms with E-state index in [1.807, 2.05) is 18.2 Å². The molecule has 128 valence electrons. The van der Waals surface area contributed by atoms with Crippen molar-refractivity contribution >= 4 is 56.5 Å². The fourth-order valence-corrected chi connectivity index (χ4v) is 3.99. The van der Waals surface area contributed by atoms with Crippen LogP contribution in [0.15, 0.2) is 51.8 Å². The standard InChI is InChI=1S/C18H13BrClNO3S/c1-24-15-6-5-11(8-14(15)19)9-16-17(22)21(18(23)25-16)10-12-3-2-4-13(20)7-12/h2-9H,10H2,1H3/b16-9-. The van der Waals surface area contributed by atoms with Crippen LogP contribution in [0.4, 0.5) is 4.79 Å². The molecule has 1 aliphatic heterocycles. The number of ether oxygens (including phenoxy) is 1. The second-order valence-corrected chi connectivity index (χ2v) is 7.58. The molecule has 4 nitrogen and oxygen atoms in total. The molecule has 0 aliphatic carbocycles. The maximum atomic E-state index is 12.6. The minimum absolute atomic E-state index is 0.203. The van der Waals surface area contributed by atoms with Crippen molar-refractivity contribution in [3.8, 4) is 5.75 Å². The molecule has 1 saturated heterocycles. The van der Waals surface area contributed by atoms with Gasteiger partial charge in [0.2, 0.25) is 0 Å². The Morgan fingerprint density at radius 1 is 1.24 bits per heavy atom. The number of carbonyl (C=O) groups excluding carboxylic acids is 2. The summed E-state index contributed by atoms with van der Waals surface area (Å²) in [5.74, 6) is 0.396. The van der Waals surface area contributed by atoms with Crippen molar-refractivity contribution in [2.24, 2.45) is 0 Å². The predicted molar refractivity (Wildman–Crippen MR) is 104 cm³/mol. The first-order valence-electron chi connectivity index (χ1n) is 7.31. The molecule has 1 heterocycles. The normalized spacial score (nSPS) is 16.0. The number of hydrogen-bond acceptors (Lipinski definition) is 4. The summed E-state index contributed by atoms with van der Waals surface area (Å²) in [5.41, 5.74) is 1.61. The second kappa shape index (κ2) is 7.64. The zero-order chi connectivity index (χ0) is 18.0. The van der Waals surface area contributed by atoms with Gasteiger partial charge in [-0.3, -0.25) is 14.5 Å². The maximum absolute atomic E-state index is 12.6. The minimum Gasteiger partial charge on any atom is -0.496 e. The summed E-state index contributed by atoms with van der Waals surface area (Å²) < 4.78 is 5.97. The van der Waals surface area contributed by atoms with Gasteiger partial charge in [0.05, 0.1) is 23.0 Å². The number of benzene rings is 2. The van der Waals surface area contributed by atoms with Gasteiger partial charge in [0, 0.05) is 5.02 Å². The molecule has 0 unspecified atom stereocenters. The van der Waals surface area contributed by atoms with E-state index in [0.717, 1.165) is 27.4 Å². The Bertz CT molecular complexity index is 884. The van der Waals surface area contributed by atoms with Crippen molar-refractivity contribution in [1.29, 1.82) is 0 Å². The molecule has 1 aliphatic rings. The van der Waals surface area contributed by atoms with Crippen molar-refractivity contribution in [3.63, 3.8) is 0 Å². The Morgan fingerprint density at radius 2 is 2.04 bits per heavy atom. The highest BCUT2D eigenvalue weighted by molar-refractivity contribution is 9.10. The van der Waals surface area contributed by atoms with Crippen molar-refractivity contribution in [1.82, 2.24) is 4.90 Å². The van der Waals surface area contributed by atoms with Crippen molar-refractivity contribution in [2.75, 3.05) is 7.11 Å². The predicted octanol–water partition coefficient (Wildman–Crippen LogP) is 5.35. The van der Waals surface area contributed by atoms with E-state index in [9.17, 15) is 9.59 Å². The molecule has 0 radical (unpaired) electrons. The molecule has 3 rings (SSSR count). The van der Waals surface area contributed by atoms with Gasteiger partial charge in [-0.15, -0.1) is 0 Å². The number of methoxy groups -OCH3 is 1. The van der Waals surface area contributed by atoms with Crippen LogP contribution in [0, 0.1) is 0 Å². The molecule has 25 heavy (non-hydrogen) atoms. The van der Waals surface area contributed by atoms with Gasteiger partial charge < -0.3 is 4.74 Å². The molecular weight excluding hydrogens is 426 g/mol. The number of nitrogens with zero attached hydrogens (tertiary/aromatic N) is 1. The molecule has 0 N–H and O–H groups in total. The lowest BCUT2D eigenvalue weighted by Gasteiger charge is -2.12. The lowest BCUT2D eigenvalue weighted by molar-refractivity contribution is -0.123. The number of imide groups is 1. The number of amides is 2. The monoisotopic (exact) mass is 437 g/mol. The maximum Gasteiger partial charge on any atom is 0.293 e. The third-order valence-electron chi connectivity index (χ3n) is 3.58. The van der Waals surface area contributed by atoms with Crippen LogP contribution >= 0.6 is 39.3 Å². The number of rotatable bonds is 4. The second-order valence-electron chi connectivity index (χ2n) is 5.29. The van der Waals surface area contributed by atoms with E-state index in [2.05, 4.69) is 15.9 Å². The Kier molecular flexibility index (Phi) is 5.51. The summed E-state index contributed by atoms with van der Waals surface area (Å²) in [6.45, 7) is 0.203. The average Bonchev–Trinajstić information content (AvgIpc) is 2.83. The minimum atomic E-state index is -0.304. The first kappa shape index (κ1) is 18.0. The number of carbonyl (C=O) groups is 2. The molecule has 2 aromatic carbocycles. The van der Waals surface area contributed by atoms with E-state index in [-0.39, 0.29) is 17.7 Å². The van der Waals surface area contributed by atoms with Crippen LogP contribution in [0.2, 0.25) is 5.02 Å². The Morgan fingerprint density at radius 3 is 2.72 bits per heavy atom. The summed E-state index contributed by atoms with van der Waals surface area (Å²) in [7, 11) is 1.58. The Balaban J connectivity index is 1.82. The van der Waals surface area contributed by atoms with Crippen molar-refractivity contribution in [3.05, 3.63) is 68.0 Å². The topological polar surface area (TPSA) is 46.6 Å². The van der Waals surface area contributed by atoms with E-state index < -0.39 is 0 Å². The molecular formula is C18H13BrClNO3S. The molecule has 0 bridgehead atoms. The van der Waals surface area contributed by atoms with Gasteiger partial charge in [-0.05, 0) is 69.2 Å². The van der Waals surface area contributed by atoms with Gasteiger partial charge in [0.15, 0.2) is 0 Å². The van der Waals surface area contributed by atoms with Gasteiger partial charge in [0.1, 0.15) is 5.75 Å². The van der Waals surface area contributed by atoms with E-state index in [0.29, 0.717) is 15.7 Å². The molecule has 0 saturated carbocycles. The van der Waals surface area contributed by atoms with E-state index in [1.54, 1.807) is 37.5 Å². The van der Waals surface area contributed by atoms with E-state index in [1.165, 1.54) is 4.90 Å². The molecule has 1 fully saturated rings. The fourth-order valence-electron chi connectivity index (χ4n) is 2.38. The van der Waals surface area contributed by atoms with E-state index in [4.69, 9.17) is 16.3 Å². The summed E-state index contributed by atoms with van der Waals surface area (Å²) >= 11 is 10.3. The largest absolute Gasteiger partial charge is 0.496 e. The third kappa shape index (κ3) is 4.08. The van der Waals surface area contributed by atoms with Crippen LogP contribution in [-0.4, -0.2) is 23.2 Å². The lowest BCUT2D eigenvalue weighted by Crippen LogP contribution is -2.27. The van der Waals surface area contributed by atoms with Gasteiger partial charge in [-0.1, -0.05) is 29.8 Å². The zero-order valence-electron chi connectivity index (χ0n) is 13.2. The Hall–Kier alpha value is -1.76. The molecule has 2 amide bonds. The van der Waals surface area contributed by atoms with Crippen LogP contribution < -0.4 is 4.74 Å². The quantitative estimate of drug-likeness (QED) is 0.604. The van der Waals surface area contributed by atoms with Gasteiger partial charge in [-0.2, -0.15) is 0 Å². The highest BCUT2D eigenvalue weighted by Gasteiger charge is 2.35. The van der Waals surface area contributed by atoms with Crippen LogP contribution in [0.3, 0.4) is 0 Å². The molecule has 0 spiro atoms. The molecule has 7 heteroatoms. The van der Waals surface area contributed by atoms with Crippen molar-refractivity contribution < 1.29 is 14.3 Å². The third-order valence-corrected chi connectivity index (χ3v) is 5.34. The smallest absolute Gasteiger partial charge is 0.293 e. The van der Waals surface area contributed by atoms with Crippen LogP contribution in [0.25, 0.3) is 6.08 Å². The first-order valence-corrected chi connectivity index (χ1v) is 9.30. The highest BCUT2D eigenvalue weighted by atomic mass is 79.9. The highest BCUT2D eigenvalue weighted by Crippen LogP contribution is 2.34. The molecule has 0 aromatic heterocycles. The van der Waals surface area contributed by atoms with Crippen LogP contribution in [-0.2, 0) is 11.3 Å².